The number of ether oxygens (including phenoxy) is 1. The van der Waals surface area contributed by atoms with E-state index in [4.69, 9.17) is 9.15 Å². The maximum atomic E-state index is 14.3. The van der Waals surface area contributed by atoms with Gasteiger partial charge in [0.25, 0.3) is 5.91 Å². The zero-order chi connectivity index (χ0) is 21.9. The summed E-state index contributed by atoms with van der Waals surface area (Å²) in [4.78, 5) is 26.5. The molecule has 3 rings (SSSR count). The lowest BCUT2D eigenvalue weighted by atomic mass is 10.1. The minimum atomic E-state index is -1.01. The first-order valence-corrected chi connectivity index (χ1v) is 9.26. The van der Waals surface area contributed by atoms with Crippen LogP contribution in [0.2, 0.25) is 0 Å². The number of anilines is 1. The van der Waals surface area contributed by atoms with E-state index in [0.29, 0.717) is 5.56 Å². The van der Waals surface area contributed by atoms with Crippen molar-refractivity contribution in [3.63, 3.8) is 0 Å². The number of benzene rings is 2. The van der Waals surface area contributed by atoms with Crippen LogP contribution < -0.4 is 4.90 Å². The summed E-state index contributed by atoms with van der Waals surface area (Å²) in [7, 11) is 0. The fraction of sp³-hybridized carbons (Fsp3) is 0.217. The number of rotatable bonds is 5. The molecule has 0 unspecified atom stereocenters. The molecule has 0 radical (unpaired) electrons. The topological polar surface area (TPSA) is 59.8 Å². The van der Waals surface area contributed by atoms with Crippen molar-refractivity contribution in [2.75, 3.05) is 11.4 Å². The Morgan fingerprint density at radius 2 is 1.67 bits per heavy atom. The van der Waals surface area contributed by atoms with Crippen molar-refractivity contribution < 1.29 is 27.5 Å². The first-order valence-electron chi connectivity index (χ1n) is 9.26. The molecule has 0 aliphatic rings. The van der Waals surface area contributed by atoms with Crippen LogP contribution in [0.4, 0.5) is 14.5 Å². The third kappa shape index (κ3) is 4.92. The van der Waals surface area contributed by atoms with E-state index in [1.54, 1.807) is 51.1 Å². The van der Waals surface area contributed by atoms with E-state index < -0.39 is 41.2 Å². The van der Waals surface area contributed by atoms with Gasteiger partial charge in [0, 0.05) is 11.3 Å². The minimum Gasteiger partial charge on any atom is -0.472 e. The first-order chi connectivity index (χ1) is 14.2. The number of hydrogen-bond acceptors (Lipinski definition) is 4. The maximum absolute atomic E-state index is 14.3. The van der Waals surface area contributed by atoms with Crippen molar-refractivity contribution in [2.45, 2.75) is 26.4 Å². The summed E-state index contributed by atoms with van der Waals surface area (Å²) in [5.41, 5.74) is 0.214. The number of hydrogen-bond donors (Lipinski definition) is 0. The van der Waals surface area contributed by atoms with Crippen molar-refractivity contribution in [1.82, 2.24) is 0 Å². The van der Waals surface area contributed by atoms with Crippen molar-refractivity contribution in [3.8, 4) is 11.1 Å². The highest BCUT2D eigenvalue weighted by molar-refractivity contribution is 6.08. The Labute approximate surface area is 172 Å². The lowest BCUT2D eigenvalue weighted by Crippen LogP contribution is -2.39. The molecule has 3 aromatic rings. The van der Waals surface area contributed by atoms with Gasteiger partial charge in [0.15, 0.2) is 0 Å². The van der Waals surface area contributed by atoms with Crippen LogP contribution in [0.15, 0.2) is 65.5 Å². The molecule has 1 aromatic heterocycles. The predicted octanol–water partition coefficient (Wildman–Crippen LogP) is 5.21. The summed E-state index contributed by atoms with van der Waals surface area (Å²) in [5, 5.41) is 0. The van der Waals surface area contributed by atoms with Gasteiger partial charge in [-0.1, -0.05) is 18.2 Å². The molecule has 0 N–H and O–H groups in total. The van der Waals surface area contributed by atoms with E-state index in [-0.39, 0.29) is 5.69 Å². The van der Waals surface area contributed by atoms with Crippen LogP contribution in [0.5, 0.6) is 0 Å². The van der Waals surface area contributed by atoms with Crippen molar-refractivity contribution >= 4 is 17.6 Å². The monoisotopic (exact) mass is 413 g/mol. The van der Waals surface area contributed by atoms with Gasteiger partial charge in [0.05, 0.1) is 12.5 Å². The zero-order valence-corrected chi connectivity index (χ0v) is 16.8. The van der Waals surface area contributed by atoms with Gasteiger partial charge in [-0.25, -0.2) is 8.78 Å². The molecule has 2 aromatic carbocycles. The fourth-order valence-corrected chi connectivity index (χ4v) is 2.90. The molecule has 0 bridgehead atoms. The van der Waals surface area contributed by atoms with Crippen LogP contribution in [0, 0.1) is 11.6 Å². The molecule has 7 heteroatoms. The van der Waals surface area contributed by atoms with Crippen LogP contribution in [0.25, 0.3) is 11.1 Å². The van der Waals surface area contributed by atoms with Crippen LogP contribution in [-0.4, -0.2) is 24.0 Å². The molecule has 156 valence electrons. The van der Waals surface area contributed by atoms with E-state index in [1.165, 1.54) is 18.6 Å². The van der Waals surface area contributed by atoms with Gasteiger partial charge < -0.3 is 9.15 Å². The van der Waals surface area contributed by atoms with Gasteiger partial charge in [0.2, 0.25) is 0 Å². The number of halogens is 2. The average Bonchev–Trinajstić information content (AvgIpc) is 3.19. The molecule has 0 spiro atoms. The van der Waals surface area contributed by atoms with Crippen LogP contribution >= 0.6 is 0 Å². The van der Waals surface area contributed by atoms with E-state index in [9.17, 15) is 18.4 Å². The van der Waals surface area contributed by atoms with E-state index in [2.05, 4.69) is 0 Å². The second-order valence-corrected chi connectivity index (χ2v) is 7.64. The highest BCUT2D eigenvalue weighted by atomic mass is 19.1. The smallest absolute Gasteiger partial charge is 0.326 e. The number of carbonyl (C=O) groups is 2. The summed E-state index contributed by atoms with van der Waals surface area (Å²) in [5.74, 6) is -3.72. The summed E-state index contributed by atoms with van der Waals surface area (Å²) >= 11 is 0. The standard InChI is InChI=1S/C23H21F2NO4/c1-23(2,3)30-20(27)13-26(22(28)21-18(24)8-5-9-19(21)25)17-7-4-6-15(12-17)16-10-11-29-14-16/h4-12,14H,13H2,1-3H3. The summed E-state index contributed by atoms with van der Waals surface area (Å²) < 4.78 is 38.9. The number of carbonyl (C=O) groups excluding carboxylic acids is 2. The molecule has 0 aliphatic carbocycles. The van der Waals surface area contributed by atoms with Gasteiger partial charge in [-0.15, -0.1) is 0 Å². The van der Waals surface area contributed by atoms with E-state index >= 15 is 0 Å². The maximum Gasteiger partial charge on any atom is 0.326 e. The molecular formula is C23H21F2NO4. The quantitative estimate of drug-likeness (QED) is 0.539. The molecule has 0 aliphatic heterocycles. The minimum absolute atomic E-state index is 0.284. The third-order valence-corrected chi connectivity index (χ3v) is 4.14. The molecule has 0 fully saturated rings. The molecule has 0 saturated heterocycles. The van der Waals surface area contributed by atoms with Gasteiger partial charge in [-0.2, -0.15) is 0 Å². The Hall–Kier alpha value is -3.48. The molecule has 1 amide bonds. The fourth-order valence-electron chi connectivity index (χ4n) is 2.90. The van der Waals surface area contributed by atoms with Crippen LogP contribution in [0.1, 0.15) is 31.1 Å². The number of nitrogens with zero attached hydrogens (tertiary/aromatic N) is 1. The molecule has 0 saturated carbocycles. The molecule has 0 atom stereocenters. The number of furan rings is 1. The van der Waals surface area contributed by atoms with Gasteiger partial charge in [-0.3, -0.25) is 14.5 Å². The Bertz CT molecular complexity index is 1040. The molecule has 1 heterocycles. The van der Waals surface area contributed by atoms with Gasteiger partial charge in [0.1, 0.15) is 29.3 Å². The Morgan fingerprint density at radius 1 is 1.00 bits per heavy atom. The van der Waals surface area contributed by atoms with E-state index in [0.717, 1.165) is 22.6 Å². The Balaban J connectivity index is 2.03. The molecular weight excluding hydrogens is 392 g/mol. The number of esters is 1. The normalized spacial score (nSPS) is 11.2. The Kier molecular flexibility index (Phi) is 6.01. The lowest BCUT2D eigenvalue weighted by Gasteiger charge is -2.26. The summed E-state index contributed by atoms with van der Waals surface area (Å²) in [6.07, 6.45) is 3.02. The second-order valence-electron chi connectivity index (χ2n) is 7.64. The second kappa shape index (κ2) is 8.49. The lowest BCUT2D eigenvalue weighted by molar-refractivity contribution is -0.152. The number of amides is 1. The molecule has 5 nitrogen and oxygen atoms in total. The SMILES string of the molecule is CC(C)(C)OC(=O)CN(C(=O)c1c(F)cccc1F)c1cccc(-c2ccoc2)c1. The predicted molar refractivity (Wildman–Crippen MR) is 108 cm³/mol. The highest BCUT2D eigenvalue weighted by Gasteiger charge is 2.28. The van der Waals surface area contributed by atoms with Crippen LogP contribution in [0.3, 0.4) is 0 Å². The van der Waals surface area contributed by atoms with E-state index in [1.807, 2.05) is 0 Å². The largest absolute Gasteiger partial charge is 0.472 e. The third-order valence-electron chi connectivity index (χ3n) is 4.14. The molecule has 30 heavy (non-hydrogen) atoms. The zero-order valence-electron chi connectivity index (χ0n) is 16.8. The Morgan fingerprint density at radius 3 is 2.27 bits per heavy atom. The van der Waals surface area contributed by atoms with Gasteiger partial charge in [-0.05, 0) is 56.7 Å². The van der Waals surface area contributed by atoms with Crippen molar-refractivity contribution in [1.29, 1.82) is 0 Å². The average molecular weight is 413 g/mol. The first kappa shape index (κ1) is 21.2. The summed E-state index contributed by atoms with van der Waals surface area (Å²) in [6, 6.07) is 11.5. The van der Waals surface area contributed by atoms with Crippen molar-refractivity contribution in [3.05, 3.63) is 78.3 Å². The van der Waals surface area contributed by atoms with Crippen LogP contribution in [-0.2, 0) is 9.53 Å². The summed E-state index contributed by atoms with van der Waals surface area (Å²) in [6.45, 7) is 4.55. The van der Waals surface area contributed by atoms with Gasteiger partial charge >= 0.3 is 5.97 Å². The highest BCUT2D eigenvalue weighted by Crippen LogP contribution is 2.27. The van der Waals surface area contributed by atoms with Crippen molar-refractivity contribution in [2.24, 2.45) is 0 Å².